The lowest BCUT2D eigenvalue weighted by Gasteiger charge is -2.26. The van der Waals surface area contributed by atoms with E-state index in [9.17, 15) is 18.5 Å². The second-order valence-electron chi connectivity index (χ2n) is 4.79. The Balaban J connectivity index is 2.09. The summed E-state index contributed by atoms with van der Waals surface area (Å²) in [7, 11) is -3.56. The van der Waals surface area contributed by atoms with Crippen LogP contribution in [0.2, 0.25) is 0 Å². The van der Waals surface area contributed by atoms with Crippen LogP contribution in [0.1, 0.15) is 11.1 Å². The zero-order valence-electron chi connectivity index (χ0n) is 11.7. The quantitative estimate of drug-likeness (QED) is 0.594. The maximum absolute atomic E-state index is 12.1. The summed E-state index contributed by atoms with van der Waals surface area (Å²) in [6.45, 7) is 3.74. The van der Waals surface area contributed by atoms with Crippen molar-refractivity contribution in [3.63, 3.8) is 0 Å². The van der Waals surface area contributed by atoms with E-state index in [2.05, 4.69) is 10.0 Å². The molecule has 0 aliphatic carbocycles. The smallest absolute Gasteiger partial charge is 0.279 e. The fourth-order valence-electron chi connectivity index (χ4n) is 2.20. The predicted molar refractivity (Wildman–Crippen MR) is 78.0 cm³/mol. The first kappa shape index (κ1) is 15.8. The van der Waals surface area contributed by atoms with Gasteiger partial charge in [0.25, 0.3) is 15.9 Å². The van der Waals surface area contributed by atoms with Crippen molar-refractivity contribution in [1.29, 1.82) is 0 Å². The van der Waals surface area contributed by atoms with E-state index in [1.54, 1.807) is 19.1 Å². The van der Waals surface area contributed by atoms with E-state index in [4.69, 9.17) is 0 Å². The number of nitrogens with one attached hydrogen (secondary N) is 2. The summed E-state index contributed by atoms with van der Waals surface area (Å²) in [6.07, 6.45) is 0. The largest absolute Gasteiger partial charge is 0.314 e. The molecule has 0 amide bonds. The lowest BCUT2D eigenvalue weighted by molar-refractivity contribution is -0.385. The molecule has 0 unspecified atom stereocenters. The van der Waals surface area contributed by atoms with Gasteiger partial charge < -0.3 is 5.32 Å². The highest BCUT2D eigenvalue weighted by atomic mass is 32.2. The van der Waals surface area contributed by atoms with Crippen LogP contribution in [-0.4, -0.2) is 43.8 Å². The van der Waals surface area contributed by atoms with Crippen molar-refractivity contribution in [3.8, 4) is 0 Å². The monoisotopic (exact) mass is 314 g/mol. The number of piperazine rings is 1. The summed E-state index contributed by atoms with van der Waals surface area (Å²) in [6, 6.07) is 4.64. The molecule has 2 rings (SSSR count). The molecular weight excluding hydrogens is 296 g/mol. The van der Waals surface area contributed by atoms with Crippen molar-refractivity contribution in [2.45, 2.75) is 13.5 Å². The van der Waals surface area contributed by atoms with Gasteiger partial charge in [0, 0.05) is 44.4 Å². The SMILES string of the molecule is Cc1c(CNS(=O)(=O)N2CCNCC2)cccc1[N+](=O)[O-]. The van der Waals surface area contributed by atoms with Crippen LogP contribution in [0.4, 0.5) is 5.69 Å². The number of rotatable bonds is 5. The number of nitrogens with zero attached hydrogens (tertiary/aromatic N) is 2. The average Bonchev–Trinajstić information content (AvgIpc) is 2.47. The normalized spacial score (nSPS) is 16.8. The van der Waals surface area contributed by atoms with E-state index in [0.717, 1.165) is 0 Å². The molecule has 1 saturated heterocycles. The molecule has 9 heteroatoms. The molecule has 1 aromatic rings. The zero-order chi connectivity index (χ0) is 15.5. The Morgan fingerprint density at radius 3 is 2.67 bits per heavy atom. The Kier molecular flexibility index (Phi) is 4.88. The van der Waals surface area contributed by atoms with Gasteiger partial charge in [0.05, 0.1) is 4.92 Å². The summed E-state index contributed by atoms with van der Waals surface area (Å²) in [4.78, 5) is 10.4. The second-order valence-corrected chi connectivity index (χ2v) is 6.55. The van der Waals surface area contributed by atoms with Gasteiger partial charge in [0.15, 0.2) is 0 Å². The molecule has 21 heavy (non-hydrogen) atoms. The standard InChI is InChI=1S/C12H18N4O4S/c1-10-11(3-2-4-12(10)16(17)18)9-14-21(19,20)15-7-5-13-6-8-15/h2-4,13-14H,5-9H2,1H3. The molecule has 1 aliphatic rings. The molecule has 0 spiro atoms. The van der Waals surface area contributed by atoms with Gasteiger partial charge in [0.1, 0.15) is 0 Å². The molecule has 2 N–H and O–H groups in total. The fraction of sp³-hybridized carbons (Fsp3) is 0.500. The second kappa shape index (κ2) is 6.48. The third kappa shape index (κ3) is 3.76. The molecule has 1 aliphatic heterocycles. The Hall–Kier alpha value is -1.55. The molecule has 8 nitrogen and oxygen atoms in total. The van der Waals surface area contributed by atoms with Crippen molar-refractivity contribution < 1.29 is 13.3 Å². The summed E-state index contributed by atoms with van der Waals surface area (Å²) in [5, 5.41) is 14.0. The van der Waals surface area contributed by atoms with Crippen LogP contribution in [0, 0.1) is 17.0 Å². The van der Waals surface area contributed by atoms with E-state index >= 15 is 0 Å². The first-order chi connectivity index (χ1) is 9.92. The van der Waals surface area contributed by atoms with Crippen LogP contribution in [0.5, 0.6) is 0 Å². The molecule has 0 atom stereocenters. The van der Waals surface area contributed by atoms with Crippen molar-refractivity contribution in [3.05, 3.63) is 39.4 Å². The van der Waals surface area contributed by atoms with Crippen LogP contribution in [0.3, 0.4) is 0 Å². The Labute approximate surface area is 123 Å². The van der Waals surface area contributed by atoms with Crippen LogP contribution in [0.15, 0.2) is 18.2 Å². The van der Waals surface area contributed by atoms with E-state index in [1.807, 2.05) is 0 Å². The van der Waals surface area contributed by atoms with Gasteiger partial charge in [0.2, 0.25) is 0 Å². The van der Waals surface area contributed by atoms with Crippen LogP contribution >= 0.6 is 0 Å². The van der Waals surface area contributed by atoms with Crippen molar-refractivity contribution >= 4 is 15.9 Å². The number of hydrogen-bond donors (Lipinski definition) is 2. The van der Waals surface area contributed by atoms with E-state index < -0.39 is 15.1 Å². The Morgan fingerprint density at radius 1 is 1.38 bits per heavy atom. The third-order valence-corrected chi connectivity index (χ3v) is 5.03. The number of benzene rings is 1. The first-order valence-corrected chi connectivity index (χ1v) is 8.04. The lowest BCUT2D eigenvalue weighted by atomic mass is 10.1. The summed E-state index contributed by atoms with van der Waals surface area (Å²) in [5.74, 6) is 0. The van der Waals surface area contributed by atoms with Crippen molar-refractivity contribution in [2.75, 3.05) is 26.2 Å². The zero-order valence-corrected chi connectivity index (χ0v) is 12.5. The summed E-state index contributed by atoms with van der Waals surface area (Å²) >= 11 is 0. The molecule has 1 aromatic carbocycles. The molecule has 0 bridgehead atoms. The lowest BCUT2D eigenvalue weighted by Crippen LogP contribution is -2.50. The minimum atomic E-state index is -3.56. The highest BCUT2D eigenvalue weighted by Crippen LogP contribution is 2.21. The minimum Gasteiger partial charge on any atom is -0.314 e. The molecule has 116 valence electrons. The highest BCUT2D eigenvalue weighted by Gasteiger charge is 2.23. The van der Waals surface area contributed by atoms with Gasteiger partial charge in [-0.25, -0.2) is 0 Å². The number of hydrogen-bond acceptors (Lipinski definition) is 5. The molecule has 1 fully saturated rings. The van der Waals surface area contributed by atoms with E-state index in [1.165, 1.54) is 10.4 Å². The Morgan fingerprint density at radius 2 is 2.05 bits per heavy atom. The van der Waals surface area contributed by atoms with Gasteiger partial charge in [-0.2, -0.15) is 17.4 Å². The molecule has 0 saturated carbocycles. The van der Waals surface area contributed by atoms with Gasteiger partial charge in [-0.1, -0.05) is 12.1 Å². The van der Waals surface area contributed by atoms with Gasteiger partial charge in [-0.3, -0.25) is 10.1 Å². The topological polar surface area (TPSA) is 105 Å². The maximum Gasteiger partial charge on any atom is 0.279 e. The van der Waals surface area contributed by atoms with Crippen LogP contribution in [0.25, 0.3) is 0 Å². The summed E-state index contributed by atoms with van der Waals surface area (Å²) in [5.41, 5.74) is 1.07. The van der Waals surface area contributed by atoms with Gasteiger partial charge in [-0.15, -0.1) is 0 Å². The van der Waals surface area contributed by atoms with E-state index in [0.29, 0.717) is 37.3 Å². The van der Waals surface area contributed by atoms with Crippen LogP contribution in [-0.2, 0) is 16.8 Å². The van der Waals surface area contributed by atoms with Gasteiger partial charge >= 0.3 is 0 Å². The number of nitro benzene ring substituents is 1. The molecule has 1 heterocycles. The van der Waals surface area contributed by atoms with Gasteiger partial charge in [-0.05, 0) is 12.5 Å². The van der Waals surface area contributed by atoms with E-state index in [-0.39, 0.29) is 12.2 Å². The maximum atomic E-state index is 12.1. The molecule has 0 radical (unpaired) electrons. The third-order valence-electron chi connectivity index (χ3n) is 3.47. The van der Waals surface area contributed by atoms with Crippen molar-refractivity contribution in [2.24, 2.45) is 0 Å². The summed E-state index contributed by atoms with van der Waals surface area (Å²) < 4.78 is 28.2. The molecular formula is C12H18N4O4S. The highest BCUT2D eigenvalue weighted by molar-refractivity contribution is 7.87. The van der Waals surface area contributed by atoms with Crippen molar-refractivity contribution in [1.82, 2.24) is 14.3 Å². The first-order valence-electron chi connectivity index (χ1n) is 6.60. The number of nitro groups is 1. The van der Waals surface area contributed by atoms with Crippen LogP contribution < -0.4 is 10.0 Å². The average molecular weight is 314 g/mol. The minimum absolute atomic E-state index is 0.00568. The molecule has 0 aromatic heterocycles. The fourth-order valence-corrected chi connectivity index (χ4v) is 3.39. The Bertz CT molecular complexity index is 626. The predicted octanol–water partition coefficient (Wildman–Crippen LogP) is 0.143.